The molecule has 1 aliphatic carbocycles. The highest BCUT2D eigenvalue weighted by Gasteiger charge is 2.40. The van der Waals surface area contributed by atoms with Crippen LogP contribution >= 0.6 is 0 Å². The molecule has 46 heavy (non-hydrogen) atoms. The Hall–Kier alpha value is -4.52. The van der Waals surface area contributed by atoms with Crippen LogP contribution in [0.5, 0.6) is 0 Å². The summed E-state index contributed by atoms with van der Waals surface area (Å²) in [5, 5.41) is 12.6. The van der Waals surface area contributed by atoms with Crippen molar-refractivity contribution in [2.45, 2.75) is 56.7 Å². The topological polar surface area (TPSA) is 130 Å². The Balaban J connectivity index is 1.17. The minimum Gasteiger partial charge on any atom is -0.339 e. The number of hydrogen-bond acceptors (Lipinski definition) is 6. The molecule has 0 spiro atoms. The van der Waals surface area contributed by atoms with Crippen molar-refractivity contribution in [3.63, 3.8) is 0 Å². The van der Waals surface area contributed by atoms with Crippen molar-refractivity contribution in [1.82, 2.24) is 20.0 Å². The average molecular weight is 637 g/mol. The number of benzene rings is 2. The number of rotatable bonds is 11. The number of nitroso groups, excluding NO2 is 1. The summed E-state index contributed by atoms with van der Waals surface area (Å²) in [5.74, 6) is -4.59. The van der Waals surface area contributed by atoms with E-state index in [1.54, 1.807) is 36.2 Å². The first-order valence-corrected chi connectivity index (χ1v) is 15.7. The Morgan fingerprint density at radius 2 is 1.67 bits per heavy atom. The predicted molar refractivity (Wildman–Crippen MR) is 167 cm³/mol. The number of halogens is 2. The second kappa shape index (κ2) is 14.7. The van der Waals surface area contributed by atoms with Gasteiger partial charge in [-0.3, -0.25) is 19.1 Å². The van der Waals surface area contributed by atoms with Gasteiger partial charge in [0.15, 0.2) is 6.04 Å². The molecule has 3 aromatic rings. The van der Waals surface area contributed by atoms with Crippen LogP contribution in [-0.4, -0.2) is 76.6 Å². The Morgan fingerprint density at radius 3 is 2.28 bits per heavy atom. The number of amides is 3. The molecule has 0 radical (unpaired) electrons. The SMILES string of the molecule is Cn1nccc1C(=O)N[C@H](C(=O)Nc1ccc(C[C@@H](N=O)C(=O)N2CC[NH+](Cc3ccccc3)CC2)cc1)C1CCC(F)(F)CC1. The number of carbonyl (C=O) groups is 3. The van der Waals surface area contributed by atoms with Gasteiger partial charge in [0, 0.05) is 43.8 Å². The van der Waals surface area contributed by atoms with Crippen molar-refractivity contribution in [3.8, 4) is 0 Å². The summed E-state index contributed by atoms with van der Waals surface area (Å²) >= 11 is 0. The number of alkyl halides is 2. The minimum atomic E-state index is -2.78. The second-order valence-corrected chi connectivity index (χ2v) is 12.2. The van der Waals surface area contributed by atoms with E-state index in [1.165, 1.54) is 27.4 Å². The lowest BCUT2D eigenvalue weighted by atomic mass is 9.81. The van der Waals surface area contributed by atoms with E-state index in [9.17, 15) is 28.1 Å². The van der Waals surface area contributed by atoms with E-state index in [2.05, 4.69) is 33.0 Å². The largest absolute Gasteiger partial charge is 0.339 e. The molecule has 13 heteroatoms. The number of anilines is 1. The normalized spacial score (nSPS) is 18.4. The van der Waals surface area contributed by atoms with Gasteiger partial charge in [-0.05, 0) is 42.5 Å². The molecule has 1 aliphatic heterocycles. The van der Waals surface area contributed by atoms with Crippen molar-refractivity contribution in [1.29, 1.82) is 0 Å². The lowest BCUT2D eigenvalue weighted by Gasteiger charge is -2.33. The van der Waals surface area contributed by atoms with Crippen LogP contribution in [0.25, 0.3) is 0 Å². The zero-order chi connectivity index (χ0) is 32.7. The van der Waals surface area contributed by atoms with Gasteiger partial charge < -0.3 is 20.4 Å². The van der Waals surface area contributed by atoms with Crippen molar-refractivity contribution < 1.29 is 28.1 Å². The monoisotopic (exact) mass is 636 g/mol. The summed E-state index contributed by atoms with van der Waals surface area (Å²) < 4.78 is 29.1. The van der Waals surface area contributed by atoms with Crippen molar-refractivity contribution in [3.05, 3.63) is 88.6 Å². The number of nitrogens with one attached hydrogen (secondary N) is 3. The molecule has 0 unspecified atom stereocenters. The minimum absolute atomic E-state index is 0.0905. The van der Waals surface area contributed by atoms with Crippen LogP contribution < -0.4 is 15.5 Å². The Bertz CT molecular complexity index is 1500. The molecule has 1 saturated carbocycles. The molecular weight excluding hydrogens is 596 g/mol. The highest BCUT2D eigenvalue weighted by Crippen LogP contribution is 2.37. The fraction of sp³-hybridized carbons (Fsp3) is 0.455. The third kappa shape index (κ3) is 8.39. The molecule has 244 valence electrons. The summed E-state index contributed by atoms with van der Waals surface area (Å²) in [6, 6.07) is 16.3. The third-order valence-electron chi connectivity index (χ3n) is 9.00. The maximum Gasteiger partial charge on any atom is 0.270 e. The van der Waals surface area contributed by atoms with Crippen LogP contribution in [0.4, 0.5) is 14.5 Å². The van der Waals surface area contributed by atoms with Gasteiger partial charge in [-0.1, -0.05) is 47.6 Å². The molecule has 2 atom stereocenters. The fourth-order valence-electron chi connectivity index (χ4n) is 6.26. The quantitative estimate of drug-likeness (QED) is 0.279. The van der Waals surface area contributed by atoms with Gasteiger partial charge in [0.1, 0.15) is 18.3 Å². The number of nitrogens with zero attached hydrogens (tertiary/aromatic N) is 4. The number of carbonyl (C=O) groups excluding carboxylic acids is 3. The average Bonchev–Trinajstić information content (AvgIpc) is 3.49. The van der Waals surface area contributed by atoms with Crippen LogP contribution in [0.1, 0.15) is 47.3 Å². The van der Waals surface area contributed by atoms with Gasteiger partial charge >= 0.3 is 0 Å². The lowest BCUT2D eigenvalue weighted by molar-refractivity contribution is -0.917. The van der Waals surface area contributed by atoms with E-state index in [0.29, 0.717) is 24.3 Å². The van der Waals surface area contributed by atoms with Crippen molar-refractivity contribution in [2.75, 3.05) is 31.5 Å². The molecule has 3 amide bonds. The molecule has 1 aromatic heterocycles. The summed E-state index contributed by atoms with van der Waals surface area (Å²) in [4.78, 5) is 54.3. The third-order valence-corrected chi connectivity index (χ3v) is 9.00. The van der Waals surface area contributed by atoms with Gasteiger partial charge in [-0.2, -0.15) is 5.10 Å². The number of hydrogen-bond donors (Lipinski definition) is 3. The van der Waals surface area contributed by atoms with E-state index >= 15 is 0 Å². The fourth-order valence-corrected chi connectivity index (χ4v) is 6.26. The zero-order valence-electron chi connectivity index (χ0n) is 25.8. The van der Waals surface area contributed by atoms with Gasteiger partial charge in [0.2, 0.25) is 11.8 Å². The molecular formula is C33H40F2N7O4+. The molecule has 5 rings (SSSR count). The predicted octanol–water partition coefficient (Wildman–Crippen LogP) is 2.59. The highest BCUT2D eigenvalue weighted by atomic mass is 19.3. The van der Waals surface area contributed by atoms with E-state index in [0.717, 1.165) is 19.6 Å². The Kier molecular flexibility index (Phi) is 10.5. The molecule has 3 N–H and O–H groups in total. The lowest BCUT2D eigenvalue weighted by Crippen LogP contribution is -3.13. The second-order valence-electron chi connectivity index (χ2n) is 12.2. The molecule has 0 bridgehead atoms. The molecule has 11 nitrogen and oxygen atoms in total. The van der Waals surface area contributed by atoms with E-state index in [-0.39, 0.29) is 43.7 Å². The molecule has 2 aliphatic rings. The van der Waals surface area contributed by atoms with E-state index in [1.807, 2.05) is 18.2 Å². The molecule has 1 saturated heterocycles. The first kappa shape index (κ1) is 32.9. The van der Waals surface area contributed by atoms with Gasteiger partial charge in [-0.15, -0.1) is 4.91 Å². The number of aromatic nitrogens is 2. The van der Waals surface area contributed by atoms with Crippen LogP contribution in [0.3, 0.4) is 0 Å². The maximum absolute atomic E-state index is 13.9. The molecule has 2 heterocycles. The number of quaternary nitrogens is 1. The van der Waals surface area contributed by atoms with Gasteiger partial charge in [0.05, 0.1) is 26.2 Å². The molecule has 2 fully saturated rings. The number of piperazine rings is 1. The van der Waals surface area contributed by atoms with Crippen LogP contribution in [0, 0.1) is 10.8 Å². The van der Waals surface area contributed by atoms with Crippen molar-refractivity contribution >= 4 is 23.4 Å². The standard InChI is InChI=1S/C33H39F2N7O4/c1-40-28(13-16-36-40)30(43)38-29(25-11-14-33(34,35)15-12-25)31(44)37-26-9-7-23(8-10-26)21-27(39-46)32(45)42-19-17-41(18-20-42)22-24-5-3-2-4-6-24/h2-10,13,16,25,27,29H,11-12,14-15,17-22H2,1H3,(H,37,44)(H,38,43)/p+1/t27-,29+/m1/s1. The Morgan fingerprint density at radius 1 is 1.00 bits per heavy atom. The van der Waals surface area contributed by atoms with Gasteiger partial charge in [-0.25, -0.2) is 8.78 Å². The first-order valence-electron chi connectivity index (χ1n) is 15.7. The van der Waals surface area contributed by atoms with Crippen molar-refractivity contribution in [2.24, 2.45) is 18.1 Å². The summed E-state index contributed by atoms with van der Waals surface area (Å²) in [7, 11) is 1.60. The smallest absolute Gasteiger partial charge is 0.270 e. The Labute approximate surface area is 266 Å². The summed E-state index contributed by atoms with van der Waals surface area (Å²) in [5.41, 5.74) is 2.60. The maximum atomic E-state index is 13.9. The van der Waals surface area contributed by atoms with E-state index in [4.69, 9.17) is 0 Å². The highest BCUT2D eigenvalue weighted by molar-refractivity contribution is 6.00. The van der Waals surface area contributed by atoms with Crippen LogP contribution in [0.2, 0.25) is 0 Å². The first-order chi connectivity index (χ1) is 22.1. The van der Waals surface area contributed by atoms with Gasteiger partial charge in [0.25, 0.3) is 11.8 Å². The molecule has 2 aromatic carbocycles. The zero-order valence-corrected chi connectivity index (χ0v) is 25.8. The number of aryl methyl sites for hydroxylation is 1. The van der Waals surface area contributed by atoms with Crippen LogP contribution in [0.15, 0.2) is 72.0 Å². The van der Waals surface area contributed by atoms with E-state index < -0.39 is 35.7 Å². The summed E-state index contributed by atoms with van der Waals surface area (Å²) in [6.45, 7) is 3.56. The van der Waals surface area contributed by atoms with Crippen LogP contribution in [-0.2, 0) is 29.6 Å². The summed E-state index contributed by atoms with van der Waals surface area (Å²) in [6.07, 6.45) is 1.05.